The third-order valence-corrected chi connectivity index (χ3v) is 3.63. The van der Waals surface area contributed by atoms with Gasteiger partial charge >= 0.3 is 5.97 Å². The van der Waals surface area contributed by atoms with Gasteiger partial charge in [0.15, 0.2) is 0 Å². The first kappa shape index (κ1) is 14.3. The summed E-state index contributed by atoms with van der Waals surface area (Å²) in [5.41, 5.74) is 5.26. The van der Waals surface area contributed by atoms with Gasteiger partial charge in [0.05, 0.1) is 11.8 Å². The average Bonchev–Trinajstić information content (AvgIpc) is 2.72. The van der Waals surface area contributed by atoms with Gasteiger partial charge in [0.2, 0.25) is 0 Å². The van der Waals surface area contributed by atoms with Crippen LogP contribution < -0.4 is 0 Å². The molecule has 106 valence electrons. The van der Waals surface area contributed by atoms with E-state index in [-0.39, 0.29) is 0 Å². The van der Waals surface area contributed by atoms with Crippen molar-refractivity contribution in [2.24, 2.45) is 0 Å². The lowest BCUT2D eigenvalue weighted by atomic mass is 9.95. The molecule has 20 heavy (non-hydrogen) atoms. The summed E-state index contributed by atoms with van der Waals surface area (Å²) in [6.45, 7) is 8.85. The number of carboxylic acid groups (broad SMARTS) is 1. The van der Waals surface area contributed by atoms with Crippen molar-refractivity contribution >= 4 is 5.97 Å². The molecular formula is C16H20N2O2. The largest absolute Gasteiger partial charge is 0.478 e. The van der Waals surface area contributed by atoms with Gasteiger partial charge in [-0.1, -0.05) is 13.0 Å². The van der Waals surface area contributed by atoms with Crippen molar-refractivity contribution in [2.45, 2.75) is 40.7 Å². The Morgan fingerprint density at radius 2 is 1.90 bits per heavy atom. The Bertz CT molecular complexity index is 657. The number of rotatable bonds is 4. The zero-order chi connectivity index (χ0) is 14.9. The number of aromatic nitrogens is 2. The van der Waals surface area contributed by atoms with Gasteiger partial charge in [0, 0.05) is 17.8 Å². The van der Waals surface area contributed by atoms with Crippen molar-refractivity contribution in [1.82, 2.24) is 9.78 Å². The van der Waals surface area contributed by atoms with E-state index in [1.54, 1.807) is 6.07 Å². The maximum absolute atomic E-state index is 11.3. The number of carbonyl (C=O) groups is 1. The van der Waals surface area contributed by atoms with Gasteiger partial charge in [-0.15, -0.1) is 0 Å². The van der Waals surface area contributed by atoms with Crippen LogP contribution in [0.4, 0.5) is 0 Å². The van der Waals surface area contributed by atoms with E-state index in [0.717, 1.165) is 40.9 Å². The molecule has 0 saturated heterocycles. The Hall–Kier alpha value is -2.10. The van der Waals surface area contributed by atoms with Gasteiger partial charge in [-0.3, -0.25) is 4.68 Å². The van der Waals surface area contributed by atoms with Crippen molar-refractivity contribution < 1.29 is 9.90 Å². The molecule has 4 nitrogen and oxygen atoms in total. The van der Waals surface area contributed by atoms with Gasteiger partial charge in [-0.2, -0.15) is 5.10 Å². The van der Waals surface area contributed by atoms with E-state index < -0.39 is 5.97 Å². The molecule has 0 atom stereocenters. The summed E-state index contributed by atoms with van der Waals surface area (Å²) in [5, 5.41) is 13.7. The molecule has 0 aliphatic heterocycles. The molecule has 1 aromatic heterocycles. The molecule has 4 heteroatoms. The Morgan fingerprint density at radius 1 is 1.20 bits per heavy atom. The molecule has 0 fully saturated rings. The fraction of sp³-hybridized carbons (Fsp3) is 0.375. The van der Waals surface area contributed by atoms with E-state index in [1.807, 2.05) is 37.7 Å². The van der Waals surface area contributed by atoms with E-state index in [9.17, 15) is 9.90 Å². The maximum Gasteiger partial charge on any atom is 0.335 e. The van der Waals surface area contributed by atoms with Crippen LogP contribution in [0, 0.1) is 20.8 Å². The second-order valence-corrected chi connectivity index (χ2v) is 5.15. The lowest BCUT2D eigenvalue weighted by Crippen LogP contribution is -2.03. The lowest BCUT2D eigenvalue weighted by Gasteiger charge is -2.10. The number of aryl methyl sites for hydroxylation is 3. The minimum atomic E-state index is -0.887. The average molecular weight is 272 g/mol. The van der Waals surface area contributed by atoms with E-state index in [1.165, 1.54) is 0 Å². The number of benzene rings is 1. The number of hydrogen-bond acceptors (Lipinski definition) is 2. The normalized spacial score (nSPS) is 10.8. The van der Waals surface area contributed by atoms with E-state index in [0.29, 0.717) is 5.56 Å². The molecule has 0 radical (unpaired) electrons. The highest BCUT2D eigenvalue weighted by atomic mass is 16.4. The smallest absolute Gasteiger partial charge is 0.335 e. The molecule has 0 spiro atoms. The van der Waals surface area contributed by atoms with Crippen molar-refractivity contribution in [2.75, 3.05) is 0 Å². The fourth-order valence-corrected chi connectivity index (χ4v) is 2.52. The van der Waals surface area contributed by atoms with Crippen LogP contribution in [0.5, 0.6) is 0 Å². The van der Waals surface area contributed by atoms with E-state index in [4.69, 9.17) is 0 Å². The van der Waals surface area contributed by atoms with Crippen LogP contribution in [0.3, 0.4) is 0 Å². The molecule has 0 saturated carbocycles. The quantitative estimate of drug-likeness (QED) is 0.925. The molecule has 1 N–H and O–H groups in total. The van der Waals surface area contributed by atoms with Crippen LogP contribution in [0.2, 0.25) is 0 Å². The van der Waals surface area contributed by atoms with Crippen molar-refractivity contribution in [3.05, 3.63) is 40.7 Å². The third kappa shape index (κ3) is 2.46. The van der Waals surface area contributed by atoms with Crippen LogP contribution in [-0.4, -0.2) is 20.9 Å². The molecule has 2 aromatic rings. The van der Waals surface area contributed by atoms with Crippen LogP contribution >= 0.6 is 0 Å². The highest BCUT2D eigenvalue weighted by Gasteiger charge is 2.15. The minimum absolute atomic E-state index is 0.355. The predicted octanol–water partition coefficient (Wildman–Crippen LogP) is 3.58. The number of aromatic carboxylic acids is 1. The monoisotopic (exact) mass is 272 g/mol. The molecule has 1 heterocycles. The summed E-state index contributed by atoms with van der Waals surface area (Å²) in [5.74, 6) is -0.887. The summed E-state index contributed by atoms with van der Waals surface area (Å²) in [4.78, 5) is 11.3. The second-order valence-electron chi connectivity index (χ2n) is 5.15. The topological polar surface area (TPSA) is 55.1 Å². The van der Waals surface area contributed by atoms with Gasteiger partial charge in [0.25, 0.3) is 0 Å². The van der Waals surface area contributed by atoms with Crippen LogP contribution in [-0.2, 0) is 6.54 Å². The summed E-state index contributed by atoms with van der Waals surface area (Å²) in [6.07, 6.45) is 2.85. The fourth-order valence-electron chi connectivity index (χ4n) is 2.52. The summed E-state index contributed by atoms with van der Waals surface area (Å²) >= 11 is 0. The standard InChI is InChI=1S/C16H20N2O2/c1-5-6-18-12(4)15(9-17-18)13-8-14(16(19)20)11(3)7-10(13)2/h7-9H,5-6H2,1-4H3,(H,19,20). The summed E-state index contributed by atoms with van der Waals surface area (Å²) < 4.78 is 1.97. The van der Waals surface area contributed by atoms with Gasteiger partial charge < -0.3 is 5.11 Å². The summed E-state index contributed by atoms with van der Waals surface area (Å²) in [7, 11) is 0. The lowest BCUT2D eigenvalue weighted by molar-refractivity contribution is 0.0696. The first-order valence-electron chi connectivity index (χ1n) is 6.83. The van der Waals surface area contributed by atoms with Crippen LogP contribution in [0.1, 0.15) is 40.5 Å². The molecule has 0 aliphatic rings. The van der Waals surface area contributed by atoms with Crippen molar-refractivity contribution in [3.8, 4) is 11.1 Å². The second kappa shape index (κ2) is 5.49. The molecular weight excluding hydrogens is 252 g/mol. The molecule has 0 amide bonds. The Morgan fingerprint density at radius 3 is 2.50 bits per heavy atom. The van der Waals surface area contributed by atoms with Crippen LogP contribution in [0.25, 0.3) is 11.1 Å². The Balaban J connectivity index is 2.58. The molecule has 2 rings (SSSR count). The highest BCUT2D eigenvalue weighted by Crippen LogP contribution is 2.29. The number of hydrogen-bond donors (Lipinski definition) is 1. The van der Waals surface area contributed by atoms with Crippen molar-refractivity contribution in [3.63, 3.8) is 0 Å². The van der Waals surface area contributed by atoms with Gasteiger partial charge in [-0.25, -0.2) is 4.79 Å². The Kier molecular flexibility index (Phi) is 3.93. The van der Waals surface area contributed by atoms with Crippen molar-refractivity contribution in [1.29, 1.82) is 0 Å². The third-order valence-electron chi connectivity index (χ3n) is 3.63. The highest BCUT2D eigenvalue weighted by molar-refractivity contribution is 5.91. The minimum Gasteiger partial charge on any atom is -0.478 e. The van der Waals surface area contributed by atoms with E-state index >= 15 is 0 Å². The Labute approximate surface area is 119 Å². The number of nitrogens with zero attached hydrogens (tertiary/aromatic N) is 2. The van der Waals surface area contributed by atoms with Gasteiger partial charge in [-0.05, 0) is 49.9 Å². The first-order chi connectivity index (χ1) is 9.45. The van der Waals surface area contributed by atoms with Crippen LogP contribution in [0.15, 0.2) is 18.3 Å². The first-order valence-corrected chi connectivity index (χ1v) is 6.83. The molecule has 1 aromatic carbocycles. The summed E-state index contributed by atoms with van der Waals surface area (Å²) in [6, 6.07) is 3.68. The molecule has 0 unspecified atom stereocenters. The number of carboxylic acids is 1. The molecule has 0 bridgehead atoms. The van der Waals surface area contributed by atoms with E-state index in [2.05, 4.69) is 12.0 Å². The maximum atomic E-state index is 11.3. The SMILES string of the molecule is CCCn1ncc(-c2cc(C(=O)O)c(C)cc2C)c1C. The molecule has 0 aliphatic carbocycles. The predicted molar refractivity (Wildman–Crippen MR) is 79.1 cm³/mol. The zero-order valence-corrected chi connectivity index (χ0v) is 12.4. The zero-order valence-electron chi connectivity index (χ0n) is 12.4. The van der Waals surface area contributed by atoms with Gasteiger partial charge in [0.1, 0.15) is 0 Å².